The normalized spacial score (nSPS) is 11.3. The third-order valence-electron chi connectivity index (χ3n) is 3.96. The van der Waals surface area contributed by atoms with Gasteiger partial charge in [0.2, 0.25) is 5.82 Å². The lowest BCUT2D eigenvalue weighted by molar-refractivity contribution is -0.385. The van der Waals surface area contributed by atoms with Gasteiger partial charge in [-0.25, -0.2) is 9.59 Å². The van der Waals surface area contributed by atoms with Crippen LogP contribution in [0.2, 0.25) is 0 Å². The van der Waals surface area contributed by atoms with E-state index in [1.165, 1.54) is 17.8 Å². The zero-order chi connectivity index (χ0) is 23.8. The Morgan fingerprint density at radius 2 is 2.06 bits per heavy atom. The Balaban J connectivity index is 2.63. The lowest BCUT2D eigenvalue weighted by Gasteiger charge is -2.16. The second-order valence-corrected chi connectivity index (χ2v) is 7.78. The molecule has 12 nitrogen and oxygen atoms in total. The Hall–Kier alpha value is -3.57. The van der Waals surface area contributed by atoms with Crippen LogP contribution >= 0.6 is 23.5 Å². The van der Waals surface area contributed by atoms with Gasteiger partial charge in [0.05, 0.1) is 16.6 Å². The molecule has 0 aliphatic heterocycles. The maximum absolute atomic E-state index is 11.8. The van der Waals surface area contributed by atoms with Gasteiger partial charge >= 0.3 is 23.5 Å². The van der Waals surface area contributed by atoms with Gasteiger partial charge in [0, 0.05) is 0 Å². The molecule has 0 amide bonds. The van der Waals surface area contributed by atoms with E-state index >= 15 is 0 Å². The topological polar surface area (TPSA) is 189 Å². The van der Waals surface area contributed by atoms with E-state index in [9.17, 15) is 29.9 Å². The lowest BCUT2D eigenvalue weighted by Crippen LogP contribution is -2.30. The van der Waals surface area contributed by atoms with Crippen LogP contribution in [0.15, 0.2) is 23.4 Å². The van der Waals surface area contributed by atoms with E-state index < -0.39 is 34.5 Å². The summed E-state index contributed by atoms with van der Waals surface area (Å²) in [6.07, 6.45) is 3.55. The second-order valence-electron chi connectivity index (χ2n) is 6.02. The number of benzene rings is 1. The number of nitro groups is 1. The molecule has 32 heavy (non-hydrogen) atoms. The number of ether oxygens (including phenoxy) is 1. The summed E-state index contributed by atoms with van der Waals surface area (Å²) >= 11 is 2.42. The Kier molecular flexibility index (Phi) is 8.62. The highest BCUT2D eigenvalue weighted by Gasteiger charge is 2.31. The van der Waals surface area contributed by atoms with Crippen LogP contribution in [0.3, 0.4) is 0 Å². The molecule has 0 bridgehead atoms. The number of hydrogen-bond acceptors (Lipinski definition) is 11. The van der Waals surface area contributed by atoms with Gasteiger partial charge in [0.15, 0.2) is 5.16 Å². The standard InChI is InChI=1S/C18H17N5O7S2/c1-31-6-5-11(17(26)27)20-14-13(23(28)29)15(22-18(21-14)32-2)30-12-7-9(8-19)3-4-10(12)16(24)25/h3-4,7,11H,5-6H2,1-2H3,(H,24,25)(H,26,27)(H,20,21,22). The fourth-order valence-electron chi connectivity index (χ4n) is 2.46. The summed E-state index contributed by atoms with van der Waals surface area (Å²) in [6, 6.07) is 4.15. The summed E-state index contributed by atoms with van der Waals surface area (Å²) in [7, 11) is 0. The molecule has 2 aromatic rings. The molecule has 0 aliphatic carbocycles. The fraction of sp³-hybridized carbons (Fsp3) is 0.278. The first kappa shape index (κ1) is 24.7. The van der Waals surface area contributed by atoms with E-state index in [4.69, 9.17) is 10.00 Å². The molecule has 2 rings (SSSR count). The molecule has 1 unspecified atom stereocenters. The first-order chi connectivity index (χ1) is 15.2. The Labute approximate surface area is 190 Å². The molecule has 0 aliphatic rings. The predicted molar refractivity (Wildman–Crippen MR) is 117 cm³/mol. The van der Waals surface area contributed by atoms with Crippen LogP contribution in [0.5, 0.6) is 11.6 Å². The molecule has 1 heterocycles. The Morgan fingerprint density at radius 1 is 1.34 bits per heavy atom. The average molecular weight is 479 g/mol. The highest BCUT2D eigenvalue weighted by molar-refractivity contribution is 7.98. The van der Waals surface area contributed by atoms with Crippen molar-refractivity contribution in [3.05, 3.63) is 39.4 Å². The monoisotopic (exact) mass is 479 g/mol. The molecule has 0 saturated carbocycles. The van der Waals surface area contributed by atoms with Crippen molar-refractivity contribution in [3.63, 3.8) is 0 Å². The van der Waals surface area contributed by atoms with Crippen LogP contribution < -0.4 is 10.1 Å². The number of aromatic carboxylic acids is 1. The van der Waals surface area contributed by atoms with Gasteiger partial charge in [-0.05, 0) is 42.9 Å². The highest BCUT2D eigenvalue weighted by Crippen LogP contribution is 2.38. The Bertz CT molecular complexity index is 1090. The molecule has 1 atom stereocenters. The minimum absolute atomic E-state index is 0.0235. The van der Waals surface area contributed by atoms with Gasteiger partial charge in [0.25, 0.3) is 0 Å². The number of hydrogen-bond donors (Lipinski definition) is 3. The van der Waals surface area contributed by atoms with Gasteiger partial charge in [-0.2, -0.15) is 27.0 Å². The smallest absolute Gasteiger partial charge is 0.373 e. The summed E-state index contributed by atoms with van der Waals surface area (Å²) in [5, 5.41) is 42.3. The molecule has 1 aromatic heterocycles. The molecule has 168 valence electrons. The van der Waals surface area contributed by atoms with E-state index in [0.717, 1.165) is 23.9 Å². The minimum Gasteiger partial charge on any atom is -0.480 e. The number of carboxylic acids is 2. The number of anilines is 1. The molecule has 1 aromatic carbocycles. The molecule has 0 fully saturated rings. The van der Waals surface area contributed by atoms with E-state index in [1.807, 2.05) is 6.07 Å². The van der Waals surface area contributed by atoms with Gasteiger partial charge in [-0.1, -0.05) is 11.8 Å². The first-order valence-corrected chi connectivity index (χ1v) is 11.4. The number of aliphatic carboxylic acids is 1. The number of nitrogens with one attached hydrogen (secondary N) is 1. The van der Waals surface area contributed by atoms with Crippen molar-refractivity contribution in [2.24, 2.45) is 0 Å². The van der Waals surface area contributed by atoms with Gasteiger partial charge in [-0.3, -0.25) is 10.1 Å². The summed E-state index contributed by atoms with van der Waals surface area (Å²) in [4.78, 5) is 42.1. The molecule has 0 saturated heterocycles. The summed E-state index contributed by atoms with van der Waals surface area (Å²) in [5.74, 6) is -3.45. The van der Waals surface area contributed by atoms with Crippen molar-refractivity contribution in [2.45, 2.75) is 17.6 Å². The number of nitriles is 1. The lowest BCUT2D eigenvalue weighted by atomic mass is 10.1. The largest absolute Gasteiger partial charge is 0.480 e. The molecular weight excluding hydrogens is 462 g/mol. The van der Waals surface area contributed by atoms with Gasteiger partial charge < -0.3 is 20.3 Å². The number of rotatable bonds is 11. The highest BCUT2D eigenvalue weighted by atomic mass is 32.2. The van der Waals surface area contributed by atoms with Crippen LogP contribution in [0.25, 0.3) is 0 Å². The van der Waals surface area contributed by atoms with Crippen LogP contribution in [-0.4, -0.2) is 61.3 Å². The minimum atomic E-state index is -1.38. The average Bonchev–Trinajstić information content (AvgIpc) is 2.75. The van der Waals surface area contributed by atoms with Gasteiger partial charge in [-0.15, -0.1) is 0 Å². The van der Waals surface area contributed by atoms with Crippen molar-refractivity contribution >= 4 is 47.0 Å². The molecule has 0 radical (unpaired) electrons. The zero-order valence-corrected chi connectivity index (χ0v) is 18.4. The SMILES string of the molecule is CSCCC(Nc1nc(SC)nc(Oc2cc(C#N)ccc2C(=O)O)c1[N+](=O)[O-])C(=O)O. The molecule has 14 heteroatoms. The maximum atomic E-state index is 11.8. The zero-order valence-electron chi connectivity index (χ0n) is 16.8. The van der Waals surface area contributed by atoms with Crippen molar-refractivity contribution in [1.82, 2.24) is 9.97 Å². The summed E-state index contributed by atoms with van der Waals surface area (Å²) in [5.41, 5.74) is -1.05. The third-order valence-corrected chi connectivity index (χ3v) is 5.16. The number of nitrogens with zero attached hydrogens (tertiary/aromatic N) is 4. The summed E-state index contributed by atoms with van der Waals surface area (Å²) in [6.45, 7) is 0. The summed E-state index contributed by atoms with van der Waals surface area (Å²) < 4.78 is 5.48. The van der Waals surface area contributed by atoms with E-state index in [2.05, 4.69) is 15.3 Å². The van der Waals surface area contributed by atoms with Crippen LogP contribution in [0, 0.1) is 21.4 Å². The number of thioether (sulfide) groups is 2. The van der Waals surface area contributed by atoms with Crippen LogP contribution in [0.1, 0.15) is 22.3 Å². The fourth-order valence-corrected chi connectivity index (χ4v) is 3.29. The quantitative estimate of drug-likeness (QED) is 0.185. The molecule has 3 N–H and O–H groups in total. The van der Waals surface area contributed by atoms with Crippen LogP contribution in [0.4, 0.5) is 11.5 Å². The van der Waals surface area contributed by atoms with E-state index in [0.29, 0.717) is 5.75 Å². The van der Waals surface area contributed by atoms with Crippen molar-refractivity contribution in [3.8, 4) is 17.7 Å². The maximum Gasteiger partial charge on any atom is 0.373 e. The number of carboxylic acid groups (broad SMARTS) is 2. The second kappa shape index (κ2) is 11.2. The Morgan fingerprint density at radius 3 is 2.59 bits per heavy atom. The number of carbonyl (C=O) groups is 2. The van der Waals surface area contributed by atoms with E-state index in [1.54, 1.807) is 12.5 Å². The molecular formula is C18H17N5O7S2. The van der Waals surface area contributed by atoms with Crippen LogP contribution in [-0.2, 0) is 4.79 Å². The van der Waals surface area contributed by atoms with Crippen molar-refractivity contribution in [2.75, 3.05) is 23.6 Å². The molecule has 0 spiro atoms. The predicted octanol–water partition coefficient (Wildman–Crippen LogP) is 3.09. The number of aromatic nitrogens is 2. The third kappa shape index (κ3) is 5.99. The van der Waals surface area contributed by atoms with Crippen molar-refractivity contribution in [1.29, 1.82) is 5.26 Å². The first-order valence-electron chi connectivity index (χ1n) is 8.75. The van der Waals surface area contributed by atoms with E-state index in [-0.39, 0.29) is 34.3 Å². The van der Waals surface area contributed by atoms with Gasteiger partial charge in [0.1, 0.15) is 17.4 Å². The van der Waals surface area contributed by atoms with Crippen molar-refractivity contribution < 1.29 is 29.5 Å².